The van der Waals surface area contributed by atoms with Crippen LogP contribution in [0.1, 0.15) is 68.7 Å². The molecule has 10 heteroatoms. The first kappa shape index (κ1) is 25.1. The van der Waals surface area contributed by atoms with Gasteiger partial charge in [-0.3, -0.25) is 14.2 Å². The molecule has 33 heavy (non-hydrogen) atoms. The van der Waals surface area contributed by atoms with Crippen molar-refractivity contribution in [1.82, 2.24) is 0 Å². The van der Waals surface area contributed by atoms with Gasteiger partial charge in [0.1, 0.15) is 5.16 Å². The van der Waals surface area contributed by atoms with Crippen LogP contribution in [-0.4, -0.2) is 16.5 Å². The molecule has 0 bridgehead atoms. The Kier molecular flexibility index (Phi) is 6.59. The number of hydrogen-bond donors (Lipinski definition) is 0. The van der Waals surface area contributed by atoms with Crippen molar-refractivity contribution in [2.75, 3.05) is 0 Å². The first-order chi connectivity index (χ1) is 15.2. The third-order valence-electron chi connectivity index (χ3n) is 6.02. The number of alkyl halides is 6. The molecule has 0 N–H and O–H groups in total. The second kappa shape index (κ2) is 8.67. The maximum atomic E-state index is 13.7. The van der Waals surface area contributed by atoms with Gasteiger partial charge < -0.3 is 0 Å². The topological polar surface area (TPSA) is 51.2 Å². The van der Waals surface area contributed by atoms with Gasteiger partial charge in [0.25, 0.3) is 0 Å². The minimum Gasteiger partial charge on any atom is -0.293 e. The summed E-state index contributed by atoms with van der Waals surface area (Å²) in [7, 11) is -3.17. The highest BCUT2D eigenvalue weighted by atomic mass is 31.1. The fourth-order valence-electron chi connectivity index (χ4n) is 4.43. The average molecular weight is 489 g/mol. The molecule has 2 aromatic carbocycles. The van der Waals surface area contributed by atoms with Gasteiger partial charge in [-0.1, -0.05) is 37.1 Å². The fraction of sp³-hybridized carbons (Fsp3) is 0.391. The van der Waals surface area contributed by atoms with Gasteiger partial charge in [-0.25, -0.2) is 0 Å². The minimum absolute atomic E-state index is 0.0674. The van der Waals surface area contributed by atoms with E-state index in [1.165, 1.54) is 0 Å². The Morgan fingerprint density at radius 3 is 1.64 bits per heavy atom. The molecule has 0 aliphatic heterocycles. The van der Waals surface area contributed by atoms with E-state index in [1.807, 2.05) is 0 Å². The Morgan fingerprint density at radius 1 is 0.788 bits per heavy atom. The van der Waals surface area contributed by atoms with Gasteiger partial charge in [0.2, 0.25) is 5.52 Å². The Balaban J connectivity index is 2.23. The predicted molar refractivity (Wildman–Crippen MR) is 110 cm³/mol. The molecule has 3 rings (SSSR count). The first-order valence-corrected chi connectivity index (χ1v) is 11.4. The number of carbonyl (C=O) groups is 2. The SMILES string of the molecule is Cc1cccc(C)c1C(=O)[P](=O)C1(C(=O)c2c(C(F)(F)F)cccc2C(F)(F)F)CCCC1. The van der Waals surface area contributed by atoms with E-state index in [0.717, 1.165) is 0 Å². The van der Waals surface area contributed by atoms with Gasteiger partial charge in [-0.05, 0) is 49.9 Å². The van der Waals surface area contributed by atoms with Gasteiger partial charge in [0.05, 0.1) is 11.1 Å². The summed E-state index contributed by atoms with van der Waals surface area (Å²) in [6.07, 6.45) is -10.5. The molecule has 0 aromatic heterocycles. The molecular formula is C23H20F6O3P. The normalized spacial score (nSPS) is 16.5. The van der Waals surface area contributed by atoms with Crippen LogP contribution in [-0.2, 0) is 16.9 Å². The molecule has 3 nitrogen and oxygen atoms in total. The van der Waals surface area contributed by atoms with Crippen LogP contribution in [0.4, 0.5) is 26.3 Å². The van der Waals surface area contributed by atoms with Crippen LogP contribution in [0, 0.1) is 13.8 Å². The molecule has 1 aliphatic carbocycles. The fourth-order valence-corrected chi connectivity index (χ4v) is 6.40. The summed E-state index contributed by atoms with van der Waals surface area (Å²) >= 11 is 0. The third-order valence-corrected chi connectivity index (χ3v) is 8.04. The van der Waals surface area contributed by atoms with E-state index >= 15 is 0 Å². The summed E-state index contributed by atoms with van der Waals surface area (Å²) in [4.78, 5) is 26.7. The molecule has 0 saturated heterocycles. The van der Waals surface area contributed by atoms with Crippen LogP contribution in [0.3, 0.4) is 0 Å². The summed E-state index contributed by atoms with van der Waals surface area (Å²) in [6, 6.07) is 6.17. The zero-order chi connectivity index (χ0) is 24.8. The van der Waals surface area contributed by atoms with Gasteiger partial charge in [-0.15, -0.1) is 0 Å². The van der Waals surface area contributed by atoms with Crippen molar-refractivity contribution in [2.24, 2.45) is 0 Å². The van der Waals surface area contributed by atoms with E-state index < -0.39 is 53.3 Å². The van der Waals surface area contributed by atoms with Crippen LogP contribution < -0.4 is 0 Å². The number of halogens is 6. The number of carbonyl (C=O) groups excluding carboxylic acids is 2. The molecule has 177 valence electrons. The summed E-state index contributed by atoms with van der Waals surface area (Å²) in [5, 5.41) is -2.14. The van der Waals surface area contributed by atoms with Crippen molar-refractivity contribution < 1.29 is 40.5 Å². The monoisotopic (exact) mass is 489 g/mol. The third kappa shape index (κ3) is 4.47. The van der Waals surface area contributed by atoms with Crippen LogP contribution in [0.5, 0.6) is 0 Å². The number of ketones is 1. The average Bonchev–Trinajstić information content (AvgIpc) is 3.21. The number of rotatable bonds is 5. The Hall–Kier alpha value is -2.54. The first-order valence-electron chi connectivity index (χ1n) is 10.1. The molecule has 1 aliphatic rings. The number of aryl methyl sites for hydroxylation is 2. The van der Waals surface area contributed by atoms with Crippen LogP contribution >= 0.6 is 7.80 Å². The van der Waals surface area contributed by atoms with Crippen molar-refractivity contribution in [3.8, 4) is 0 Å². The number of benzene rings is 2. The van der Waals surface area contributed by atoms with Crippen LogP contribution in [0.2, 0.25) is 0 Å². The second-order valence-corrected chi connectivity index (χ2v) is 10.0. The molecule has 1 atom stereocenters. The zero-order valence-corrected chi connectivity index (χ0v) is 18.6. The molecular weight excluding hydrogens is 469 g/mol. The van der Waals surface area contributed by atoms with E-state index in [0.29, 0.717) is 29.3 Å². The molecule has 0 amide bonds. The molecule has 1 unspecified atom stereocenters. The lowest BCUT2D eigenvalue weighted by atomic mass is 9.88. The lowest BCUT2D eigenvalue weighted by Gasteiger charge is -2.28. The quantitative estimate of drug-likeness (QED) is 0.248. The van der Waals surface area contributed by atoms with Gasteiger partial charge >= 0.3 is 12.4 Å². The van der Waals surface area contributed by atoms with E-state index in [-0.39, 0.29) is 31.2 Å². The van der Waals surface area contributed by atoms with Crippen LogP contribution in [0.15, 0.2) is 36.4 Å². The maximum Gasteiger partial charge on any atom is 0.417 e. The number of Topliss-reactive ketones (excluding diaryl/α,β-unsaturated/α-hetero) is 1. The Morgan fingerprint density at radius 2 is 1.21 bits per heavy atom. The van der Waals surface area contributed by atoms with Crippen molar-refractivity contribution >= 4 is 19.1 Å². The Bertz CT molecular complexity index is 1080. The van der Waals surface area contributed by atoms with Crippen molar-refractivity contribution in [3.05, 3.63) is 69.8 Å². The summed E-state index contributed by atoms with van der Waals surface area (Å²) in [5.74, 6) is -1.54. The molecule has 0 heterocycles. The van der Waals surface area contributed by atoms with Crippen LogP contribution in [0.25, 0.3) is 0 Å². The van der Waals surface area contributed by atoms with Crippen molar-refractivity contribution in [2.45, 2.75) is 57.0 Å². The predicted octanol–water partition coefficient (Wildman–Crippen LogP) is 7.50. The molecule has 2 aromatic rings. The highest BCUT2D eigenvalue weighted by Crippen LogP contribution is 2.56. The highest BCUT2D eigenvalue weighted by molar-refractivity contribution is 7.67. The lowest BCUT2D eigenvalue weighted by Crippen LogP contribution is -2.37. The zero-order valence-electron chi connectivity index (χ0n) is 17.7. The van der Waals surface area contributed by atoms with E-state index in [4.69, 9.17) is 0 Å². The smallest absolute Gasteiger partial charge is 0.293 e. The molecule has 0 spiro atoms. The molecule has 1 saturated carbocycles. The Labute approximate surface area is 187 Å². The highest BCUT2D eigenvalue weighted by Gasteiger charge is 2.54. The van der Waals surface area contributed by atoms with Crippen molar-refractivity contribution in [3.63, 3.8) is 0 Å². The van der Waals surface area contributed by atoms with Crippen molar-refractivity contribution in [1.29, 1.82) is 0 Å². The van der Waals surface area contributed by atoms with Gasteiger partial charge in [0.15, 0.2) is 13.6 Å². The summed E-state index contributed by atoms with van der Waals surface area (Å²) in [5.41, 5.74) is -5.04. The molecule has 1 fully saturated rings. The van der Waals surface area contributed by atoms with Gasteiger partial charge in [-0.2, -0.15) is 26.3 Å². The van der Waals surface area contributed by atoms with E-state index in [9.17, 15) is 40.5 Å². The minimum atomic E-state index is -5.26. The van der Waals surface area contributed by atoms with E-state index in [1.54, 1.807) is 32.0 Å². The van der Waals surface area contributed by atoms with Gasteiger partial charge in [0, 0.05) is 11.1 Å². The lowest BCUT2D eigenvalue weighted by molar-refractivity contribution is -0.143. The molecule has 1 radical (unpaired) electrons. The maximum absolute atomic E-state index is 13.7. The van der Waals surface area contributed by atoms with E-state index in [2.05, 4.69) is 0 Å². The number of hydrogen-bond acceptors (Lipinski definition) is 3. The summed E-state index contributed by atoms with van der Waals surface area (Å²) in [6.45, 7) is 3.15. The summed E-state index contributed by atoms with van der Waals surface area (Å²) < 4.78 is 95.5. The standard InChI is InChI=1S/C23H20F6O3P/c1-13-7-5-8-14(2)17(13)20(31)33(32)21(11-3-4-12-21)19(30)18-15(22(24,25)26)9-6-10-16(18)23(27,28)29/h5-10H,3-4,11-12H2,1-2H3. The second-order valence-electron chi connectivity index (χ2n) is 8.16. The largest absolute Gasteiger partial charge is 0.417 e.